The van der Waals surface area contributed by atoms with Crippen LogP contribution < -0.4 is 11.4 Å². The van der Waals surface area contributed by atoms with Gasteiger partial charge in [-0.05, 0) is 43.2 Å². The maximum Gasteiger partial charge on any atom is 0.344 e. The Kier molecular flexibility index (Phi) is 3.16. The van der Waals surface area contributed by atoms with Crippen molar-refractivity contribution in [2.45, 2.75) is 42.0 Å². The molecule has 2 aromatic heterocycles. The zero-order valence-corrected chi connectivity index (χ0v) is 11.4. The lowest BCUT2D eigenvalue weighted by Crippen LogP contribution is -2.16. The Morgan fingerprint density at radius 3 is 2.89 bits per heavy atom. The maximum atomic E-state index is 11.6. The molecule has 1 aliphatic carbocycles. The summed E-state index contributed by atoms with van der Waals surface area (Å²) >= 11 is 1.39. The second-order valence-electron chi connectivity index (χ2n) is 4.73. The summed E-state index contributed by atoms with van der Waals surface area (Å²) < 4.78 is 1.71. The lowest BCUT2D eigenvalue weighted by atomic mass is 10.2. The van der Waals surface area contributed by atoms with E-state index < -0.39 is 0 Å². The van der Waals surface area contributed by atoms with E-state index in [0.717, 1.165) is 23.4 Å². The van der Waals surface area contributed by atoms with Crippen molar-refractivity contribution in [2.75, 3.05) is 0 Å². The molecule has 0 amide bonds. The van der Waals surface area contributed by atoms with E-state index in [4.69, 9.17) is 5.73 Å². The maximum absolute atomic E-state index is 11.6. The van der Waals surface area contributed by atoms with E-state index in [0.29, 0.717) is 11.2 Å². The van der Waals surface area contributed by atoms with Crippen LogP contribution in [0.25, 0.3) is 0 Å². The molecule has 6 nitrogen and oxygen atoms in total. The second kappa shape index (κ2) is 4.82. The van der Waals surface area contributed by atoms with Gasteiger partial charge in [0.2, 0.25) is 0 Å². The summed E-state index contributed by atoms with van der Waals surface area (Å²) in [4.78, 5) is 16.0. The lowest BCUT2D eigenvalue weighted by molar-refractivity contribution is 0.642. The Morgan fingerprint density at radius 2 is 2.32 bits per heavy atom. The Morgan fingerprint density at radius 1 is 1.53 bits per heavy atom. The molecule has 3 N–H and O–H groups in total. The Bertz CT molecular complexity index is 626. The molecule has 0 saturated heterocycles. The van der Waals surface area contributed by atoms with Crippen LogP contribution in [0.1, 0.15) is 37.4 Å². The van der Waals surface area contributed by atoms with Crippen LogP contribution in [0.15, 0.2) is 33.3 Å². The van der Waals surface area contributed by atoms with E-state index in [9.17, 15) is 4.79 Å². The third kappa shape index (κ3) is 2.57. The van der Waals surface area contributed by atoms with Crippen molar-refractivity contribution in [1.29, 1.82) is 0 Å². The van der Waals surface area contributed by atoms with Gasteiger partial charge in [0.25, 0.3) is 0 Å². The molecular weight excluding hydrogens is 262 g/mol. The number of rotatable bonds is 4. The van der Waals surface area contributed by atoms with Crippen LogP contribution in [0.2, 0.25) is 0 Å². The highest BCUT2D eigenvalue weighted by Crippen LogP contribution is 2.37. The average molecular weight is 277 g/mol. The first-order chi connectivity index (χ1) is 9.15. The van der Waals surface area contributed by atoms with E-state index in [1.54, 1.807) is 10.8 Å². The number of pyridine rings is 1. The molecule has 0 spiro atoms. The average Bonchev–Trinajstić information content (AvgIpc) is 3.16. The van der Waals surface area contributed by atoms with Crippen LogP contribution in [0.5, 0.6) is 0 Å². The van der Waals surface area contributed by atoms with Crippen molar-refractivity contribution in [3.05, 3.63) is 34.4 Å². The Balaban J connectivity index is 1.83. The normalized spacial score (nSPS) is 16.5. The molecule has 1 unspecified atom stereocenters. The van der Waals surface area contributed by atoms with Crippen molar-refractivity contribution in [2.24, 2.45) is 5.73 Å². The summed E-state index contributed by atoms with van der Waals surface area (Å²) in [6, 6.07) is 4.13. The van der Waals surface area contributed by atoms with Gasteiger partial charge in [0.05, 0.1) is 0 Å². The zero-order chi connectivity index (χ0) is 13.4. The first kappa shape index (κ1) is 12.4. The van der Waals surface area contributed by atoms with Crippen molar-refractivity contribution >= 4 is 11.8 Å². The third-order valence-corrected chi connectivity index (χ3v) is 3.99. The van der Waals surface area contributed by atoms with Gasteiger partial charge < -0.3 is 5.73 Å². The van der Waals surface area contributed by atoms with E-state index in [1.165, 1.54) is 11.8 Å². The molecule has 0 bridgehead atoms. The molecule has 1 saturated carbocycles. The molecule has 1 atom stereocenters. The Hall–Kier alpha value is -1.60. The third-order valence-electron chi connectivity index (χ3n) is 3.06. The van der Waals surface area contributed by atoms with Gasteiger partial charge in [0, 0.05) is 18.3 Å². The van der Waals surface area contributed by atoms with Gasteiger partial charge in [-0.25, -0.2) is 14.9 Å². The number of nitrogens with zero attached hydrogens (tertiary/aromatic N) is 3. The first-order valence-corrected chi connectivity index (χ1v) is 7.03. The van der Waals surface area contributed by atoms with Crippen molar-refractivity contribution in [3.63, 3.8) is 0 Å². The predicted octanol–water partition coefficient (Wildman–Crippen LogP) is 1.47. The minimum absolute atomic E-state index is 0.0263. The fourth-order valence-electron chi connectivity index (χ4n) is 1.83. The smallest absolute Gasteiger partial charge is 0.324 e. The summed E-state index contributed by atoms with van der Waals surface area (Å²) in [5, 5.41) is 8.04. The molecular formula is C12H15N5OS. The van der Waals surface area contributed by atoms with E-state index in [-0.39, 0.29) is 11.7 Å². The van der Waals surface area contributed by atoms with Crippen molar-refractivity contribution in [3.8, 4) is 0 Å². The van der Waals surface area contributed by atoms with Crippen LogP contribution in [0.3, 0.4) is 0 Å². The van der Waals surface area contributed by atoms with E-state index in [2.05, 4.69) is 15.2 Å². The van der Waals surface area contributed by atoms with Gasteiger partial charge in [0.15, 0.2) is 5.16 Å². The quantitative estimate of drug-likeness (QED) is 0.883. The molecule has 1 aliphatic rings. The summed E-state index contributed by atoms with van der Waals surface area (Å²) in [5.41, 5.74) is 6.63. The van der Waals surface area contributed by atoms with Gasteiger partial charge in [-0.3, -0.25) is 4.57 Å². The lowest BCUT2D eigenvalue weighted by Gasteiger charge is -2.06. The minimum atomic E-state index is -0.141. The zero-order valence-electron chi connectivity index (χ0n) is 10.5. The fourth-order valence-corrected chi connectivity index (χ4v) is 2.68. The molecule has 2 heterocycles. The van der Waals surface area contributed by atoms with Gasteiger partial charge in [-0.15, -0.1) is 5.10 Å². The van der Waals surface area contributed by atoms with E-state index in [1.807, 2.05) is 19.1 Å². The minimum Gasteiger partial charge on any atom is -0.324 e. The molecule has 7 heteroatoms. The first-order valence-electron chi connectivity index (χ1n) is 6.21. The number of hydrogen-bond donors (Lipinski definition) is 2. The van der Waals surface area contributed by atoms with Gasteiger partial charge >= 0.3 is 5.69 Å². The number of nitrogens with two attached hydrogens (primary N) is 1. The highest BCUT2D eigenvalue weighted by Gasteiger charge is 2.28. The molecule has 0 radical (unpaired) electrons. The van der Waals surface area contributed by atoms with Crippen LogP contribution in [-0.4, -0.2) is 19.7 Å². The number of aromatic nitrogens is 4. The van der Waals surface area contributed by atoms with Gasteiger partial charge in [-0.2, -0.15) is 0 Å². The van der Waals surface area contributed by atoms with Crippen LogP contribution in [-0.2, 0) is 0 Å². The molecule has 100 valence electrons. The monoisotopic (exact) mass is 277 g/mol. The summed E-state index contributed by atoms with van der Waals surface area (Å²) in [6.07, 6.45) is 3.85. The number of nitrogens with one attached hydrogen (secondary N) is 1. The fraction of sp³-hybridized carbons (Fsp3) is 0.417. The van der Waals surface area contributed by atoms with Crippen molar-refractivity contribution < 1.29 is 0 Å². The molecule has 2 aromatic rings. The predicted molar refractivity (Wildman–Crippen MR) is 72.1 cm³/mol. The molecule has 19 heavy (non-hydrogen) atoms. The molecule has 1 fully saturated rings. The standard InChI is InChI=1S/C12H15N5OS/c1-7(13)8-2-5-10(14-6-8)19-12-16-15-11(18)17(12)9-3-4-9/h2,5-7,9H,3-4,13H2,1H3,(H,15,18). The van der Waals surface area contributed by atoms with Crippen LogP contribution in [0, 0.1) is 0 Å². The van der Waals surface area contributed by atoms with Crippen LogP contribution in [0.4, 0.5) is 0 Å². The topological polar surface area (TPSA) is 89.6 Å². The Labute approximate surface area is 114 Å². The molecule has 0 aromatic carbocycles. The number of H-pyrrole nitrogens is 1. The summed E-state index contributed by atoms with van der Waals surface area (Å²) in [5.74, 6) is 0. The number of hydrogen-bond acceptors (Lipinski definition) is 5. The highest BCUT2D eigenvalue weighted by atomic mass is 32.2. The van der Waals surface area contributed by atoms with Gasteiger partial charge in [0.1, 0.15) is 5.03 Å². The van der Waals surface area contributed by atoms with Crippen molar-refractivity contribution in [1.82, 2.24) is 19.7 Å². The van der Waals surface area contributed by atoms with E-state index >= 15 is 0 Å². The number of aromatic amines is 1. The van der Waals surface area contributed by atoms with Crippen LogP contribution >= 0.6 is 11.8 Å². The highest BCUT2D eigenvalue weighted by molar-refractivity contribution is 7.99. The second-order valence-corrected chi connectivity index (χ2v) is 5.72. The molecule has 0 aliphatic heterocycles. The largest absolute Gasteiger partial charge is 0.344 e. The SMILES string of the molecule is CC(N)c1ccc(Sc2n[nH]c(=O)n2C2CC2)nc1. The van der Waals surface area contributed by atoms with Gasteiger partial charge in [-0.1, -0.05) is 6.07 Å². The molecule has 3 rings (SSSR count). The summed E-state index contributed by atoms with van der Waals surface area (Å²) in [6.45, 7) is 1.92. The summed E-state index contributed by atoms with van der Waals surface area (Å²) in [7, 11) is 0.